The summed E-state index contributed by atoms with van der Waals surface area (Å²) in [5.74, 6) is -1.84. The molecule has 9 heteroatoms. The number of anilines is 1. The normalized spacial score (nSPS) is 14.2. The van der Waals surface area contributed by atoms with Gasteiger partial charge < -0.3 is 5.32 Å². The monoisotopic (exact) mass is 280 g/mol. The number of rotatable bonds is 3. The number of amides is 2. The number of carbonyl (C=O) groups is 2. The van der Waals surface area contributed by atoms with Gasteiger partial charge in [0.2, 0.25) is 5.91 Å². The summed E-state index contributed by atoms with van der Waals surface area (Å²) >= 11 is 0. The molecule has 0 unspecified atom stereocenters. The standard InChI is InChI=1S/C11H9FN4O4/c12-7-2-1-6(16(19)20)5-9(7)13-11(18)8-3-4-10(17)15-14-8/h1-2,5H,3-4H2,(H,13,18)(H,15,17). The summed E-state index contributed by atoms with van der Waals surface area (Å²) in [7, 11) is 0. The first-order chi connectivity index (χ1) is 9.47. The van der Waals surface area contributed by atoms with E-state index in [1.54, 1.807) is 0 Å². The third-order valence-corrected chi connectivity index (χ3v) is 2.58. The first-order valence-corrected chi connectivity index (χ1v) is 5.58. The van der Waals surface area contributed by atoms with Crippen molar-refractivity contribution in [1.29, 1.82) is 0 Å². The number of hydrogen-bond acceptors (Lipinski definition) is 5. The molecule has 0 spiro atoms. The van der Waals surface area contributed by atoms with E-state index >= 15 is 0 Å². The van der Waals surface area contributed by atoms with Gasteiger partial charge in [-0.05, 0) is 6.07 Å². The number of nitro groups is 1. The predicted molar refractivity (Wildman–Crippen MR) is 66.5 cm³/mol. The van der Waals surface area contributed by atoms with E-state index in [2.05, 4.69) is 15.8 Å². The minimum atomic E-state index is -0.801. The summed E-state index contributed by atoms with van der Waals surface area (Å²) in [6, 6.07) is 2.79. The van der Waals surface area contributed by atoms with Crippen molar-refractivity contribution in [3.63, 3.8) is 0 Å². The topological polar surface area (TPSA) is 114 Å². The second kappa shape index (κ2) is 5.43. The zero-order chi connectivity index (χ0) is 14.7. The molecular weight excluding hydrogens is 271 g/mol. The largest absolute Gasteiger partial charge is 0.318 e. The average molecular weight is 280 g/mol. The summed E-state index contributed by atoms with van der Waals surface area (Å²) in [6.07, 6.45) is 0.220. The Labute approximate surface area is 111 Å². The van der Waals surface area contributed by atoms with Crippen LogP contribution in [-0.2, 0) is 9.59 Å². The van der Waals surface area contributed by atoms with Gasteiger partial charge in [0.1, 0.15) is 11.5 Å². The molecular formula is C11H9FN4O4. The SMILES string of the molecule is O=C1CCC(C(=O)Nc2cc([N+](=O)[O-])ccc2F)=NN1. The molecule has 0 aliphatic carbocycles. The van der Waals surface area contributed by atoms with Crippen molar-refractivity contribution in [1.82, 2.24) is 5.43 Å². The number of hydrazone groups is 1. The van der Waals surface area contributed by atoms with Crippen molar-refractivity contribution in [2.75, 3.05) is 5.32 Å². The van der Waals surface area contributed by atoms with Gasteiger partial charge in [0.05, 0.1) is 10.6 Å². The molecule has 104 valence electrons. The number of benzene rings is 1. The highest BCUT2D eigenvalue weighted by molar-refractivity contribution is 6.43. The Kier molecular flexibility index (Phi) is 3.69. The van der Waals surface area contributed by atoms with Crippen LogP contribution in [0.2, 0.25) is 0 Å². The number of hydrogen-bond donors (Lipinski definition) is 2. The van der Waals surface area contributed by atoms with Crippen molar-refractivity contribution >= 4 is 28.9 Å². The summed E-state index contributed by atoms with van der Waals surface area (Å²) < 4.78 is 13.5. The van der Waals surface area contributed by atoms with E-state index in [4.69, 9.17) is 0 Å². The van der Waals surface area contributed by atoms with Crippen molar-refractivity contribution in [3.8, 4) is 0 Å². The lowest BCUT2D eigenvalue weighted by Crippen LogP contribution is -2.32. The number of nitrogens with one attached hydrogen (secondary N) is 2. The van der Waals surface area contributed by atoms with Crippen molar-refractivity contribution in [2.24, 2.45) is 5.10 Å². The lowest BCUT2D eigenvalue weighted by molar-refractivity contribution is -0.384. The molecule has 8 nitrogen and oxygen atoms in total. The van der Waals surface area contributed by atoms with E-state index in [0.29, 0.717) is 0 Å². The summed E-state index contributed by atoms with van der Waals surface area (Å²) in [5, 5.41) is 16.3. The van der Waals surface area contributed by atoms with Gasteiger partial charge in [-0.1, -0.05) is 0 Å². The molecule has 2 N–H and O–H groups in total. The molecule has 0 atom stereocenters. The second-order valence-corrected chi connectivity index (χ2v) is 3.97. The second-order valence-electron chi connectivity index (χ2n) is 3.97. The Balaban J connectivity index is 2.17. The third-order valence-electron chi connectivity index (χ3n) is 2.58. The zero-order valence-electron chi connectivity index (χ0n) is 10.1. The van der Waals surface area contributed by atoms with Crippen molar-refractivity contribution in [2.45, 2.75) is 12.8 Å². The van der Waals surface area contributed by atoms with E-state index in [1.165, 1.54) is 0 Å². The fourth-order valence-corrected chi connectivity index (χ4v) is 1.55. The van der Waals surface area contributed by atoms with Gasteiger partial charge >= 0.3 is 0 Å². The summed E-state index contributed by atoms with van der Waals surface area (Å²) in [4.78, 5) is 32.5. The van der Waals surface area contributed by atoms with Crippen LogP contribution in [0.4, 0.5) is 15.8 Å². The molecule has 1 heterocycles. The van der Waals surface area contributed by atoms with Crippen molar-refractivity contribution in [3.05, 3.63) is 34.1 Å². The lowest BCUT2D eigenvalue weighted by atomic mass is 10.1. The smallest absolute Gasteiger partial charge is 0.271 e. The van der Waals surface area contributed by atoms with E-state index in [-0.39, 0.29) is 35.8 Å². The predicted octanol–water partition coefficient (Wildman–Crippen LogP) is 0.938. The molecule has 2 rings (SSSR count). The minimum Gasteiger partial charge on any atom is -0.318 e. The molecule has 0 aromatic heterocycles. The number of carbonyl (C=O) groups excluding carboxylic acids is 2. The van der Waals surface area contributed by atoms with Gasteiger partial charge in [-0.2, -0.15) is 5.10 Å². The van der Waals surface area contributed by atoms with Crippen LogP contribution in [0, 0.1) is 15.9 Å². The quantitative estimate of drug-likeness (QED) is 0.633. The van der Waals surface area contributed by atoms with Gasteiger partial charge in [0.25, 0.3) is 11.6 Å². The third kappa shape index (κ3) is 2.94. The molecule has 0 bridgehead atoms. The van der Waals surface area contributed by atoms with E-state index in [9.17, 15) is 24.1 Å². The van der Waals surface area contributed by atoms with Gasteiger partial charge in [-0.15, -0.1) is 0 Å². The lowest BCUT2D eigenvalue weighted by Gasteiger charge is -2.12. The van der Waals surface area contributed by atoms with Crippen LogP contribution in [0.3, 0.4) is 0 Å². The Hall–Kier alpha value is -2.84. The fourth-order valence-electron chi connectivity index (χ4n) is 1.55. The Morgan fingerprint density at radius 2 is 2.20 bits per heavy atom. The fraction of sp³-hybridized carbons (Fsp3) is 0.182. The molecule has 1 aromatic rings. The molecule has 0 fully saturated rings. The first-order valence-electron chi connectivity index (χ1n) is 5.58. The highest BCUT2D eigenvalue weighted by Gasteiger charge is 2.20. The van der Waals surface area contributed by atoms with E-state index in [0.717, 1.165) is 18.2 Å². The first kappa shape index (κ1) is 13.6. The van der Waals surface area contributed by atoms with E-state index < -0.39 is 16.6 Å². The van der Waals surface area contributed by atoms with E-state index in [1.807, 2.05) is 0 Å². The maximum Gasteiger partial charge on any atom is 0.271 e. The number of nitrogens with zero attached hydrogens (tertiary/aromatic N) is 2. The van der Waals surface area contributed by atoms with Crippen LogP contribution in [0.15, 0.2) is 23.3 Å². The van der Waals surface area contributed by atoms with Gasteiger partial charge in [0.15, 0.2) is 0 Å². The summed E-state index contributed by atoms with van der Waals surface area (Å²) in [6.45, 7) is 0. The average Bonchev–Trinajstić information content (AvgIpc) is 2.41. The van der Waals surface area contributed by atoms with Crippen LogP contribution in [-0.4, -0.2) is 22.4 Å². The Bertz CT molecular complexity index is 629. The Morgan fingerprint density at radius 1 is 1.45 bits per heavy atom. The minimum absolute atomic E-state index is 0.0236. The molecule has 2 amide bonds. The molecule has 1 aliphatic heterocycles. The molecule has 20 heavy (non-hydrogen) atoms. The molecule has 1 aromatic carbocycles. The van der Waals surface area contributed by atoms with Gasteiger partial charge in [0, 0.05) is 25.0 Å². The van der Waals surface area contributed by atoms with Crippen LogP contribution in [0.5, 0.6) is 0 Å². The molecule has 0 saturated heterocycles. The highest BCUT2D eigenvalue weighted by atomic mass is 19.1. The molecule has 0 saturated carbocycles. The number of halogens is 1. The van der Waals surface area contributed by atoms with Crippen LogP contribution < -0.4 is 10.7 Å². The van der Waals surface area contributed by atoms with Gasteiger partial charge in [-0.3, -0.25) is 19.7 Å². The van der Waals surface area contributed by atoms with Gasteiger partial charge in [-0.25, -0.2) is 9.82 Å². The number of non-ortho nitro benzene ring substituents is 1. The summed E-state index contributed by atoms with van der Waals surface area (Å²) in [5.41, 5.74) is 1.49. The molecule has 1 aliphatic rings. The van der Waals surface area contributed by atoms with Crippen molar-refractivity contribution < 1.29 is 18.9 Å². The van der Waals surface area contributed by atoms with Crippen LogP contribution in [0.25, 0.3) is 0 Å². The Morgan fingerprint density at radius 3 is 2.80 bits per heavy atom. The number of nitro benzene ring substituents is 1. The highest BCUT2D eigenvalue weighted by Crippen LogP contribution is 2.21. The maximum absolute atomic E-state index is 13.5. The molecule has 0 radical (unpaired) electrons. The van der Waals surface area contributed by atoms with Crippen LogP contribution >= 0.6 is 0 Å². The van der Waals surface area contributed by atoms with Crippen LogP contribution in [0.1, 0.15) is 12.8 Å². The zero-order valence-corrected chi connectivity index (χ0v) is 10.1. The maximum atomic E-state index is 13.5.